The number of piperidine rings is 1. The Morgan fingerprint density at radius 3 is 2.29 bits per heavy atom. The quantitative estimate of drug-likeness (QED) is 0.742. The summed E-state index contributed by atoms with van der Waals surface area (Å²) in [6.07, 6.45) is 4.09. The molecule has 2 bridgehead atoms. The average molecular weight is 263 g/mol. The van der Waals surface area contributed by atoms with Crippen LogP contribution in [0.25, 0.3) is 0 Å². The van der Waals surface area contributed by atoms with Crippen LogP contribution in [0.4, 0.5) is 0 Å². The van der Waals surface area contributed by atoms with E-state index in [4.69, 9.17) is 9.47 Å². The lowest BCUT2D eigenvalue weighted by atomic mass is 9.77. The van der Waals surface area contributed by atoms with E-state index in [9.17, 15) is 8.42 Å². The van der Waals surface area contributed by atoms with Crippen molar-refractivity contribution < 1.29 is 17.9 Å². The van der Waals surface area contributed by atoms with Gasteiger partial charge in [-0.15, -0.1) is 0 Å². The highest BCUT2D eigenvalue weighted by atomic mass is 32.2. The molecular formula is C11H21NO4S. The molecule has 2 aliphatic rings. The van der Waals surface area contributed by atoms with Crippen molar-refractivity contribution in [3.63, 3.8) is 0 Å². The molecule has 100 valence electrons. The summed E-state index contributed by atoms with van der Waals surface area (Å²) in [5, 5.41) is 0. The maximum absolute atomic E-state index is 11.7. The fourth-order valence-electron chi connectivity index (χ4n) is 3.22. The molecule has 0 N–H and O–H groups in total. The number of hydrogen-bond donors (Lipinski definition) is 0. The largest absolute Gasteiger partial charge is 0.381 e. The van der Waals surface area contributed by atoms with Gasteiger partial charge in [0.1, 0.15) is 0 Å². The average Bonchev–Trinajstić information content (AvgIpc) is 2.28. The van der Waals surface area contributed by atoms with Crippen molar-refractivity contribution in [2.75, 3.05) is 27.0 Å². The summed E-state index contributed by atoms with van der Waals surface area (Å²) in [6, 6.07) is 0.132. The predicted molar refractivity (Wildman–Crippen MR) is 64.3 cm³/mol. The first-order chi connectivity index (χ1) is 7.97. The molecule has 0 aromatic rings. The van der Waals surface area contributed by atoms with Crippen LogP contribution in [0, 0.1) is 5.92 Å². The van der Waals surface area contributed by atoms with E-state index >= 15 is 0 Å². The van der Waals surface area contributed by atoms with Crippen molar-refractivity contribution in [3.05, 3.63) is 0 Å². The zero-order valence-electron chi connectivity index (χ0n) is 10.6. The summed E-state index contributed by atoms with van der Waals surface area (Å²) in [4.78, 5) is 0. The molecule has 5 nitrogen and oxygen atoms in total. The normalized spacial score (nSPS) is 39.2. The van der Waals surface area contributed by atoms with Gasteiger partial charge in [0, 0.05) is 32.7 Å². The molecule has 2 rings (SSSR count). The lowest BCUT2D eigenvalue weighted by molar-refractivity contribution is -0.0962. The molecule has 2 fully saturated rings. The molecule has 0 aromatic carbocycles. The van der Waals surface area contributed by atoms with Gasteiger partial charge in [0.25, 0.3) is 0 Å². The SMILES string of the molecule is CO[C@H]1CN(S(C)(=O)=O)[C@@H]2CC[C@@H](OC)[C@H]1C2. The topological polar surface area (TPSA) is 55.8 Å². The van der Waals surface area contributed by atoms with Crippen LogP contribution in [-0.2, 0) is 19.5 Å². The Hall–Kier alpha value is -0.170. The lowest BCUT2D eigenvalue weighted by Gasteiger charge is -2.48. The van der Waals surface area contributed by atoms with Gasteiger partial charge in [-0.2, -0.15) is 4.31 Å². The van der Waals surface area contributed by atoms with Crippen LogP contribution in [0.1, 0.15) is 19.3 Å². The molecule has 1 aliphatic carbocycles. The van der Waals surface area contributed by atoms with Crippen LogP contribution >= 0.6 is 0 Å². The number of hydrogen-bond acceptors (Lipinski definition) is 4. The predicted octanol–water partition coefficient (Wildman–Crippen LogP) is 0.460. The maximum Gasteiger partial charge on any atom is 0.211 e. The van der Waals surface area contributed by atoms with E-state index in [1.54, 1.807) is 18.5 Å². The molecule has 1 heterocycles. The second kappa shape index (κ2) is 4.84. The van der Waals surface area contributed by atoms with Gasteiger partial charge in [0.05, 0.1) is 18.5 Å². The minimum Gasteiger partial charge on any atom is -0.381 e. The monoisotopic (exact) mass is 263 g/mol. The number of rotatable bonds is 3. The molecule has 0 aromatic heterocycles. The van der Waals surface area contributed by atoms with Crippen LogP contribution in [0.2, 0.25) is 0 Å². The Bertz CT molecular complexity index is 370. The fourth-order valence-corrected chi connectivity index (χ4v) is 4.37. The summed E-state index contributed by atoms with van der Waals surface area (Å²) >= 11 is 0. The minimum atomic E-state index is -3.13. The van der Waals surface area contributed by atoms with Gasteiger partial charge < -0.3 is 9.47 Å². The number of sulfonamides is 1. The Morgan fingerprint density at radius 2 is 1.76 bits per heavy atom. The van der Waals surface area contributed by atoms with E-state index in [1.165, 1.54) is 6.26 Å². The lowest BCUT2D eigenvalue weighted by Crippen LogP contribution is -2.58. The van der Waals surface area contributed by atoms with Gasteiger partial charge in [0.2, 0.25) is 10.0 Å². The highest BCUT2D eigenvalue weighted by Gasteiger charge is 2.46. The number of nitrogens with zero attached hydrogens (tertiary/aromatic N) is 1. The van der Waals surface area contributed by atoms with Crippen molar-refractivity contribution in [1.82, 2.24) is 4.31 Å². The van der Waals surface area contributed by atoms with E-state index in [-0.39, 0.29) is 18.2 Å². The summed E-state index contributed by atoms with van der Waals surface area (Å²) in [7, 11) is 0.237. The van der Waals surface area contributed by atoms with Crippen LogP contribution < -0.4 is 0 Å². The third kappa shape index (κ3) is 2.50. The third-order valence-corrected chi connectivity index (χ3v) is 5.38. The van der Waals surface area contributed by atoms with E-state index in [0.717, 1.165) is 19.3 Å². The van der Waals surface area contributed by atoms with Crippen molar-refractivity contribution in [2.24, 2.45) is 5.92 Å². The van der Waals surface area contributed by atoms with Crippen LogP contribution in [0.3, 0.4) is 0 Å². The molecule has 0 amide bonds. The number of ether oxygens (including phenoxy) is 2. The van der Waals surface area contributed by atoms with Crippen LogP contribution in [-0.4, -0.2) is 58.0 Å². The zero-order valence-corrected chi connectivity index (χ0v) is 11.4. The number of fused-ring (bicyclic) bond motifs is 2. The number of methoxy groups -OCH3 is 2. The molecule has 6 heteroatoms. The van der Waals surface area contributed by atoms with Crippen molar-refractivity contribution in [3.8, 4) is 0 Å². The molecule has 4 atom stereocenters. The molecule has 1 saturated heterocycles. The van der Waals surface area contributed by atoms with Gasteiger partial charge in [-0.25, -0.2) is 8.42 Å². The molecule has 17 heavy (non-hydrogen) atoms. The molecule has 0 radical (unpaired) electrons. The Kier molecular flexibility index (Phi) is 3.77. The summed E-state index contributed by atoms with van der Waals surface area (Å²) in [6.45, 7) is 0.463. The summed E-state index contributed by atoms with van der Waals surface area (Å²) in [5.74, 6) is 0.321. The molecule has 0 spiro atoms. The molecule has 0 unspecified atom stereocenters. The summed E-state index contributed by atoms with van der Waals surface area (Å²) in [5.41, 5.74) is 0. The second-order valence-electron chi connectivity index (χ2n) is 5.01. The summed E-state index contributed by atoms with van der Waals surface area (Å²) < 4.78 is 36.0. The highest BCUT2D eigenvalue weighted by molar-refractivity contribution is 7.88. The van der Waals surface area contributed by atoms with Crippen LogP contribution in [0.15, 0.2) is 0 Å². The standard InChI is InChI=1S/C11H21NO4S/c1-15-10-5-4-8-6-9(10)11(16-2)7-12(8)17(3,13)14/h8-11H,4-7H2,1-3H3/t8-,9-,10-,11+/m1/s1. The van der Waals surface area contributed by atoms with Crippen molar-refractivity contribution >= 4 is 10.0 Å². The van der Waals surface area contributed by atoms with Gasteiger partial charge in [0.15, 0.2) is 0 Å². The Labute approximate surface area is 103 Å². The molecular weight excluding hydrogens is 242 g/mol. The van der Waals surface area contributed by atoms with Gasteiger partial charge in [-0.3, -0.25) is 0 Å². The van der Waals surface area contributed by atoms with Gasteiger partial charge in [-0.05, 0) is 19.3 Å². The highest BCUT2D eigenvalue weighted by Crippen LogP contribution is 2.38. The van der Waals surface area contributed by atoms with E-state index in [1.807, 2.05) is 0 Å². The van der Waals surface area contributed by atoms with E-state index in [0.29, 0.717) is 12.5 Å². The van der Waals surface area contributed by atoms with Crippen molar-refractivity contribution in [2.45, 2.75) is 37.5 Å². The molecule has 1 saturated carbocycles. The third-order valence-electron chi connectivity index (χ3n) is 4.08. The first kappa shape index (κ1) is 13.3. The smallest absolute Gasteiger partial charge is 0.211 e. The maximum atomic E-state index is 11.7. The fraction of sp³-hybridized carbons (Fsp3) is 1.00. The van der Waals surface area contributed by atoms with Crippen LogP contribution in [0.5, 0.6) is 0 Å². The van der Waals surface area contributed by atoms with E-state index in [2.05, 4.69) is 0 Å². The minimum absolute atomic E-state index is 0.0498. The van der Waals surface area contributed by atoms with Crippen molar-refractivity contribution in [1.29, 1.82) is 0 Å². The van der Waals surface area contributed by atoms with Gasteiger partial charge >= 0.3 is 0 Å². The van der Waals surface area contributed by atoms with Gasteiger partial charge in [-0.1, -0.05) is 0 Å². The Morgan fingerprint density at radius 1 is 1.12 bits per heavy atom. The second-order valence-corrected chi connectivity index (χ2v) is 6.95. The zero-order chi connectivity index (χ0) is 12.6. The molecule has 1 aliphatic heterocycles. The van der Waals surface area contributed by atoms with E-state index < -0.39 is 10.0 Å². The Balaban J connectivity index is 2.20. The first-order valence-electron chi connectivity index (χ1n) is 5.99. The first-order valence-corrected chi connectivity index (χ1v) is 7.84.